The normalized spacial score (nSPS) is 20.5. The fraction of sp³-hybridized carbons (Fsp3) is 0.474. The smallest absolute Gasteiger partial charge is 0.134 e. The van der Waals surface area contributed by atoms with Crippen molar-refractivity contribution in [3.63, 3.8) is 0 Å². The predicted octanol–water partition coefficient (Wildman–Crippen LogP) is 5.36. The molecule has 1 aliphatic carbocycles. The van der Waals surface area contributed by atoms with E-state index in [1.807, 2.05) is 12.1 Å². The lowest BCUT2D eigenvalue weighted by Gasteiger charge is -2.21. The van der Waals surface area contributed by atoms with Crippen LogP contribution in [0.25, 0.3) is 11.0 Å². The van der Waals surface area contributed by atoms with Crippen molar-refractivity contribution < 1.29 is 4.42 Å². The summed E-state index contributed by atoms with van der Waals surface area (Å²) >= 11 is 0. The van der Waals surface area contributed by atoms with Gasteiger partial charge in [0.05, 0.1) is 6.04 Å². The molecule has 1 atom stereocenters. The number of hydrogen-bond acceptors (Lipinski definition) is 2. The molecule has 2 heteroatoms. The van der Waals surface area contributed by atoms with Gasteiger partial charge in [-0.2, -0.15) is 0 Å². The van der Waals surface area contributed by atoms with Crippen molar-refractivity contribution in [2.24, 2.45) is 0 Å². The van der Waals surface area contributed by atoms with Crippen LogP contribution in [0.3, 0.4) is 0 Å². The van der Waals surface area contributed by atoms with Crippen molar-refractivity contribution in [1.82, 2.24) is 5.32 Å². The van der Waals surface area contributed by atoms with E-state index in [0.29, 0.717) is 0 Å². The Balaban J connectivity index is 1.92. The van der Waals surface area contributed by atoms with E-state index in [9.17, 15) is 0 Å². The van der Waals surface area contributed by atoms with Crippen LogP contribution in [0.15, 0.2) is 46.4 Å². The molecule has 0 spiro atoms. The zero-order valence-corrected chi connectivity index (χ0v) is 12.9. The molecule has 2 aromatic rings. The second-order valence-corrected chi connectivity index (χ2v) is 5.91. The quantitative estimate of drug-likeness (QED) is 0.764. The number of rotatable bonds is 4. The molecule has 1 aliphatic rings. The van der Waals surface area contributed by atoms with Crippen LogP contribution in [0.5, 0.6) is 0 Å². The van der Waals surface area contributed by atoms with Gasteiger partial charge in [0.25, 0.3) is 0 Å². The van der Waals surface area contributed by atoms with Gasteiger partial charge in [0.15, 0.2) is 0 Å². The van der Waals surface area contributed by atoms with E-state index in [-0.39, 0.29) is 6.04 Å². The first-order chi connectivity index (χ1) is 10.4. The van der Waals surface area contributed by atoms with E-state index in [1.54, 1.807) is 0 Å². The maximum absolute atomic E-state index is 6.10. The number of para-hydroxylation sites is 1. The minimum atomic E-state index is 0.237. The molecule has 0 bridgehead atoms. The molecule has 2 nitrogen and oxygen atoms in total. The van der Waals surface area contributed by atoms with Gasteiger partial charge >= 0.3 is 0 Å². The van der Waals surface area contributed by atoms with Crippen LogP contribution >= 0.6 is 0 Å². The molecule has 3 rings (SSSR count). The van der Waals surface area contributed by atoms with Crippen molar-refractivity contribution in [2.45, 2.75) is 51.5 Å². The molecule has 0 saturated carbocycles. The zero-order valence-electron chi connectivity index (χ0n) is 12.9. The van der Waals surface area contributed by atoms with Crippen molar-refractivity contribution >= 4 is 11.0 Å². The fourth-order valence-corrected chi connectivity index (χ4v) is 3.24. The summed E-state index contributed by atoms with van der Waals surface area (Å²) in [6.45, 7) is 3.12. The molecule has 1 heterocycles. The molecular formula is C19H25NO. The highest BCUT2D eigenvalue weighted by Crippen LogP contribution is 2.32. The van der Waals surface area contributed by atoms with Crippen LogP contribution in [0, 0.1) is 0 Å². The lowest BCUT2D eigenvalue weighted by Crippen LogP contribution is -2.22. The predicted molar refractivity (Wildman–Crippen MR) is 88.4 cm³/mol. The summed E-state index contributed by atoms with van der Waals surface area (Å²) in [7, 11) is 0. The van der Waals surface area contributed by atoms with Gasteiger partial charge in [-0.25, -0.2) is 0 Å². The summed E-state index contributed by atoms with van der Waals surface area (Å²) < 4.78 is 6.10. The molecule has 0 radical (unpaired) electrons. The highest BCUT2D eigenvalue weighted by Gasteiger charge is 2.20. The summed E-state index contributed by atoms with van der Waals surface area (Å²) in [6, 6.07) is 10.7. The third kappa shape index (κ3) is 3.38. The van der Waals surface area contributed by atoms with E-state index in [2.05, 4.69) is 36.5 Å². The number of likely N-dealkylation sites (N-methyl/N-ethyl adjacent to an activating group) is 1. The van der Waals surface area contributed by atoms with Gasteiger partial charge in [-0.3, -0.25) is 0 Å². The fourth-order valence-electron chi connectivity index (χ4n) is 3.24. The summed E-state index contributed by atoms with van der Waals surface area (Å²) in [4.78, 5) is 0. The van der Waals surface area contributed by atoms with Crippen LogP contribution in [-0.4, -0.2) is 6.54 Å². The number of hydrogen-bond donors (Lipinski definition) is 1. The van der Waals surface area contributed by atoms with E-state index in [1.165, 1.54) is 49.5 Å². The molecule has 0 aliphatic heterocycles. The summed E-state index contributed by atoms with van der Waals surface area (Å²) in [5, 5.41) is 4.81. The Morgan fingerprint density at radius 1 is 1.14 bits per heavy atom. The Kier molecular flexibility index (Phi) is 4.76. The summed E-state index contributed by atoms with van der Waals surface area (Å²) in [5.74, 6) is 1.06. The van der Waals surface area contributed by atoms with Gasteiger partial charge in [0.2, 0.25) is 0 Å². The molecule has 21 heavy (non-hydrogen) atoms. The average molecular weight is 283 g/mol. The molecule has 1 unspecified atom stereocenters. The maximum Gasteiger partial charge on any atom is 0.134 e. The Bertz CT molecular complexity index is 578. The largest absolute Gasteiger partial charge is 0.459 e. The second kappa shape index (κ2) is 6.95. The molecule has 0 fully saturated rings. The standard InChI is InChI=1S/C19H25NO/c1-2-20-19(15-10-6-4-3-5-7-11-15)18-14-16-12-8-9-13-17(16)21-18/h8-10,12-14,19-20H,2-7,11H2,1H3/b15-10+. The third-order valence-electron chi connectivity index (χ3n) is 4.33. The van der Waals surface area contributed by atoms with Crippen LogP contribution in [0.1, 0.15) is 57.3 Å². The monoisotopic (exact) mass is 283 g/mol. The molecule has 1 N–H and O–H groups in total. The maximum atomic E-state index is 6.10. The van der Waals surface area contributed by atoms with Gasteiger partial charge < -0.3 is 9.73 Å². The lowest BCUT2D eigenvalue weighted by atomic mass is 9.93. The summed E-state index contributed by atoms with van der Waals surface area (Å²) in [5.41, 5.74) is 2.50. The molecule has 112 valence electrons. The van der Waals surface area contributed by atoms with Crippen LogP contribution in [-0.2, 0) is 0 Å². The lowest BCUT2D eigenvalue weighted by molar-refractivity contribution is 0.457. The van der Waals surface area contributed by atoms with Gasteiger partial charge in [-0.05, 0) is 49.9 Å². The van der Waals surface area contributed by atoms with Crippen molar-refractivity contribution in [1.29, 1.82) is 0 Å². The highest BCUT2D eigenvalue weighted by atomic mass is 16.3. The van der Waals surface area contributed by atoms with Crippen molar-refractivity contribution in [2.75, 3.05) is 6.54 Å². The Morgan fingerprint density at radius 2 is 2.00 bits per heavy atom. The molecule has 0 amide bonds. The number of allylic oxidation sites excluding steroid dienone is 1. The first-order valence-corrected chi connectivity index (χ1v) is 8.29. The zero-order chi connectivity index (χ0) is 14.5. The highest BCUT2D eigenvalue weighted by molar-refractivity contribution is 5.77. The number of furan rings is 1. The van der Waals surface area contributed by atoms with Crippen LogP contribution in [0.4, 0.5) is 0 Å². The molecule has 1 aromatic heterocycles. The Morgan fingerprint density at radius 3 is 2.86 bits per heavy atom. The number of nitrogens with one attached hydrogen (secondary N) is 1. The topological polar surface area (TPSA) is 25.2 Å². The van der Waals surface area contributed by atoms with Crippen molar-refractivity contribution in [3.05, 3.63) is 47.7 Å². The Hall–Kier alpha value is -1.54. The van der Waals surface area contributed by atoms with E-state index in [0.717, 1.165) is 17.9 Å². The number of fused-ring (bicyclic) bond motifs is 1. The minimum absolute atomic E-state index is 0.237. The van der Waals surface area contributed by atoms with Crippen LogP contribution in [0.2, 0.25) is 0 Å². The van der Waals surface area contributed by atoms with Crippen LogP contribution < -0.4 is 5.32 Å². The minimum Gasteiger partial charge on any atom is -0.459 e. The first-order valence-electron chi connectivity index (χ1n) is 8.29. The van der Waals surface area contributed by atoms with Crippen molar-refractivity contribution in [3.8, 4) is 0 Å². The number of benzene rings is 1. The van der Waals surface area contributed by atoms with E-state index >= 15 is 0 Å². The van der Waals surface area contributed by atoms with E-state index in [4.69, 9.17) is 4.42 Å². The third-order valence-corrected chi connectivity index (χ3v) is 4.33. The molecule has 0 saturated heterocycles. The van der Waals surface area contributed by atoms with Gasteiger partial charge in [0.1, 0.15) is 11.3 Å². The average Bonchev–Trinajstić information content (AvgIpc) is 2.89. The molecule has 1 aromatic carbocycles. The Labute approximate surface area is 127 Å². The van der Waals surface area contributed by atoms with Gasteiger partial charge in [-0.15, -0.1) is 0 Å². The second-order valence-electron chi connectivity index (χ2n) is 5.91. The van der Waals surface area contributed by atoms with E-state index < -0.39 is 0 Å². The van der Waals surface area contributed by atoms with Gasteiger partial charge in [-0.1, -0.05) is 44.0 Å². The SMILES string of the molecule is CCNC(/C1=C/CCCCCC1)c1cc2ccccc2o1. The van der Waals surface area contributed by atoms with Gasteiger partial charge in [0, 0.05) is 5.39 Å². The first kappa shape index (κ1) is 14.4. The summed E-state index contributed by atoms with van der Waals surface area (Å²) in [6.07, 6.45) is 10.2. The molecular weight excluding hydrogens is 258 g/mol.